The summed E-state index contributed by atoms with van der Waals surface area (Å²) in [4.78, 5) is 8.32. The molecule has 0 bridgehead atoms. The topological polar surface area (TPSA) is 48.9 Å². The van der Waals surface area contributed by atoms with Gasteiger partial charge in [-0.1, -0.05) is 18.2 Å². The third kappa shape index (κ3) is 1.52. The third-order valence-corrected chi connectivity index (χ3v) is 3.62. The van der Waals surface area contributed by atoms with Crippen molar-refractivity contribution in [1.82, 2.24) is 9.97 Å². The first-order valence-electron chi connectivity index (χ1n) is 5.00. The number of thiophene rings is 1. The number of aromatic amines is 1. The van der Waals surface area contributed by atoms with Crippen LogP contribution in [0.4, 0.5) is 0 Å². The van der Waals surface area contributed by atoms with Crippen LogP contribution in [0.15, 0.2) is 36.5 Å². The van der Waals surface area contributed by atoms with Crippen LogP contribution in [0.3, 0.4) is 0 Å². The lowest BCUT2D eigenvalue weighted by atomic mass is 10.2. The van der Waals surface area contributed by atoms with Gasteiger partial charge in [-0.05, 0) is 17.5 Å². The van der Waals surface area contributed by atoms with Gasteiger partial charge in [0.25, 0.3) is 0 Å². The highest BCUT2D eigenvalue weighted by Crippen LogP contribution is 2.32. The Kier molecular flexibility index (Phi) is 2.23. The molecule has 0 spiro atoms. The molecular formula is C12H10N2OS. The van der Waals surface area contributed by atoms with Crippen molar-refractivity contribution in [3.05, 3.63) is 42.4 Å². The van der Waals surface area contributed by atoms with E-state index in [1.54, 1.807) is 17.5 Å². The van der Waals surface area contributed by atoms with Crippen LogP contribution >= 0.6 is 11.3 Å². The van der Waals surface area contributed by atoms with Gasteiger partial charge in [0.2, 0.25) is 0 Å². The minimum atomic E-state index is -0.0507. The lowest BCUT2D eigenvalue weighted by molar-refractivity contribution is 0.272. The summed E-state index contributed by atoms with van der Waals surface area (Å²) in [6.07, 6.45) is 1.76. The first kappa shape index (κ1) is 9.57. The molecule has 3 rings (SSSR count). The number of aromatic nitrogens is 2. The molecule has 2 N–H and O–H groups in total. The second kappa shape index (κ2) is 3.73. The summed E-state index contributed by atoms with van der Waals surface area (Å²) in [6, 6.07) is 10.4. The van der Waals surface area contributed by atoms with Gasteiger partial charge in [-0.2, -0.15) is 0 Å². The van der Waals surface area contributed by atoms with Crippen LogP contribution in [0.2, 0.25) is 0 Å². The Bertz CT molecular complexity index is 594. The van der Waals surface area contributed by atoms with E-state index in [0.29, 0.717) is 5.82 Å². The zero-order valence-electron chi connectivity index (χ0n) is 8.47. The second-order valence-electron chi connectivity index (χ2n) is 3.55. The zero-order chi connectivity index (χ0) is 11.0. The highest BCUT2D eigenvalue weighted by molar-refractivity contribution is 7.22. The number of H-pyrrole nitrogens is 1. The van der Waals surface area contributed by atoms with Gasteiger partial charge in [0.1, 0.15) is 12.4 Å². The smallest absolute Gasteiger partial charge is 0.132 e. The van der Waals surface area contributed by atoms with Crippen molar-refractivity contribution in [3.63, 3.8) is 0 Å². The first-order chi connectivity index (χ1) is 7.86. The van der Waals surface area contributed by atoms with E-state index < -0.39 is 0 Å². The van der Waals surface area contributed by atoms with Crippen LogP contribution in [0.5, 0.6) is 0 Å². The standard InChI is InChI=1S/C12H10N2OS/c15-7-12-13-6-9(14-12)11-5-8-3-1-2-4-10(8)16-11/h1-6,15H,7H2,(H,13,14). The van der Waals surface area contributed by atoms with Crippen LogP contribution < -0.4 is 0 Å². The van der Waals surface area contributed by atoms with Gasteiger partial charge in [-0.3, -0.25) is 0 Å². The van der Waals surface area contributed by atoms with E-state index >= 15 is 0 Å². The minimum Gasteiger partial charge on any atom is -0.388 e. The fraction of sp³-hybridized carbons (Fsp3) is 0.0833. The van der Waals surface area contributed by atoms with Crippen LogP contribution in [0, 0.1) is 0 Å². The van der Waals surface area contributed by atoms with Gasteiger partial charge in [0.05, 0.1) is 16.8 Å². The summed E-state index contributed by atoms with van der Waals surface area (Å²) in [7, 11) is 0. The summed E-state index contributed by atoms with van der Waals surface area (Å²) in [6.45, 7) is -0.0507. The van der Waals surface area contributed by atoms with E-state index in [-0.39, 0.29) is 6.61 Å². The SMILES string of the molecule is OCc1ncc(-c2cc3ccccc3s2)[nH]1. The number of nitrogens with zero attached hydrogens (tertiary/aromatic N) is 1. The first-order valence-corrected chi connectivity index (χ1v) is 5.82. The molecule has 3 aromatic rings. The van der Waals surface area contributed by atoms with Gasteiger partial charge in [0.15, 0.2) is 0 Å². The number of aliphatic hydroxyl groups is 1. The predicted octanol–water partition coefficient (Wildman–Crippen LogP) is 2.78. The molecule has 3 nitrogen and oxygen atoms in total. The van der Waals surface area contributed by atoms with E-state index in [0.717, 1.165) is 10.6 Å². The Balaban J connectivity index is 2.11. The quantitative estimate of drug-likeness (QED) is 0.711. The van der Waals surface area contributed by atoms with Crippen LogP contribution in [0.25, 0.3) is 20.7 Å². The molecule has 80 valence electrons. The van der Waals surface area contributed by atoms with E-state index in [4.69, 9.17) is 5.11 Å². The van der Waals surface area contributed by atoms with Crippen molar-refractivity contribution in [2.24, 2.45) is 0 Å². The van der Waals surface area contributed by atoms with Crippen molar-refractivity contribution in [2.75, 3.05) is 0 Å². The molecule has 0 aliphatic rings. The molecule has 0 amide bonds. The van der Waals surface area contributed by atoms with Gasteiger partial charge >= 0.3 is 0 Å². The lowest BCUT2D eigenvalue weighted by Gasteiger charge is -1.88. The fourth-order valence-electron chi connectivity index (χ4n) is 1.68. The van der Waals surface area contributed by atoms with Gasteiger partial charge < -0.3 is 10.1 Å². The number of nitrogens with one attached hydrogen (secondary N) is 1. The Morgan fingerprint density at radius 2 is 2.19 bits per heavy atom. The van der Waals surface area contributed by atoms with Crippen molar-refractivity contribution < 1.29 is 5.11 Å². The van der Waals surface area contributed by atoms with Gasteiger partial charge in [-0.15, -0.1) is 11.3 Å². The van der Waals surface area contributed by atoms with E-state index in [2.05, 4.69) is 28.2 Å². The molecule has 0 radical (unpaired) electrons. The monoisotopic (exact) mass is 230 g/mol. The highest BCUT2D eigenvalue weighted by atomic mass is 32.1. The molecule has 1 aromatic carbocycles. The molecular weight excluding hydrogens is 220 g/mol. The molecule has 4 heteroatoms. The van der Waals surface area contributed by atoms with Crippen molar-refractivity contribution in [2.45, 2.75) is 6.61 Å². The molecule has 16 heavy (non-hydrogen) atoms. The number of imidazole rings is 1. The molecule has 2 heterocycles. The average Bonchev–Trinajstić information content (AvgIpc) is 2.95. The van der Waals surface area contributed by atoms with E-state index in [1.807, 2.05) is 12.1 Å². The molecule has 0 saturated carbocycles. The van der Waals surface area contributed by atoms with Crippen LogP contribution in [0.1, 0.15) is 5.82 Å². The van der Waals surface area contributed by atoms with Crippen LogP contribution in [-0.2, 0) is 6.61 Å². The minimum absolute atomic E-state index is 0.0507. The fourth-order valence-corrected chi connectivity index (χ4v) is 2.71. The number of fused-ring (bicyclic) bond motifs is 1. The Labute approximate surface area is 96.4 Å². The van der Waals surface area contributed by atoms with Crippen molar-refractivity contribution >= 4 is 21.4 Å². The molecule has 2 aromatic heterocycles. The van der Waals surface area contributed by atoms with Gasteiger partial charge in [-0.25, -0.2) is 4.98 Å². The molecule has 0 aliphatic heterocycles. The summed E-state index contributed by atoms with van der Waals surface area (Å²) < 4.78 is 1.26. The maximum absolute atomic E-state index is 8.95. The number of hydrogen-bond acceptors (Lipinski definition) is 3. The number of aliphatic hydroxyl groups excluding tert-OH is 1. The number of benzene rings is 1. The lowest BCUT2D eigenvalue weighted by Crippen LogP contribution is -1.83. The predicted molar refractivity (Wildman–Crippen MR) is 65.3 cm³/mol. The maximum atomic E-state index is 8.95. The summed E-state index contributed by atoms with van der Waals surface area (Å²) in [5, 5.41) is 10.2. The number of rotatable bonds is 2. The Morgan fingerprint density at radius 3 is 2.94 bits per heavy atom. The van der Waals surface area contributed by atoms with Crippen LogP contribution in [-0.4, -0.2) is 15.1 Å². The maximum Gasteiger partial charge on any atom is 0.132 e. The molecule has 0 saturated heterocycles. The molecule has 0 unspecified atom stereocenters. The molecule has 0 atom stereocenters. The normalized spacial score (nSPS) is 11.1. The zero-order valence-corrected chi connectivity index (χ0v) is 9.29. The Morgan fingerprint density at radius 1 is 1.31 bits per heavy atom. The largest absolute Gasteiger partial charge is 0.388 e. The molecule has 0 aliphatic carbocycles. The Hall–Kier alpha value is -1.65. The van der Waals surface area contributed by atoms with Crippen molar-refractivity contribution in [3.8, 4) is 10.6 Å². The molecule has 0 fully saturated rings. The highest BCUT2D eigenvalue weighted by Gasteiger charge is 2.06. The third-order valence-electron chi connectivity index (χ3n) is 2.47. The summed E-state index contributed by atoms with van der Waals surface area (Å²) in [5.41, 5.74) is 0.963. The second-order valence-corrected chi connectivity index (χ2v) is 4.63. The number of hydrogen-bond donors (Lipinski definition) is 2. The summed E-state index contributed by atoms with van der Waals surface area (Å²) >= 11 is 1.72. The van der Waals surface area contributed by atoms with Gasteiger partial charge in [0, 0.05) is 4.70 Å². The summed E-state index contributed by atoms with van der Waals surface area (Å²) in [5.74, 6) is 0.604. The van der Waals surface area contributed by atoms with Crippen molar-refractivity contribution in [1.29, 1.82) is 0 Å². The van der Waals surface area contributed by atoms with E-state index in [1.165, 1.54) is 10.1 Å². The van der Waals surface area contributed by atoms with E-state index in [9.17, 15) is 0 Å². The average molecular weight is 230 g/mol.